The third kappa shape index (κ3) is 5.05. The zero-order chi connectivity index (χ0) is 19.9. The fraction of sp³-hybridized carbons (Fsp3) is 0.250. The highest BCUT2D eigenvalue weighted by molar-refractivity contribution is 7.99. The number of amides is 1. The van der Waals surface area contributed by atoms with Crippen molar-refractivity contribution in [3.63, 3.8) is 0 Å². The number of benzene rings is 2. The van der Waals surface area contributed by atoms with Crippen LogP contribution >= 0.6 is 23.4 Å². The van der Waals surface area contributed by atoms with Gasteiger partial charge in [-0.15, -0.1) is 10.2 Å². The minimum atomic E-state index is -0.333. The number of hydrogen-bond acceptors (Lipinski definition) is 5. The second-order valence-electron chi connectivity index (χ2n) is 5.98. The molecule has 3 rings (SSSR count). The third-order valence-corrected chi connectivity index (χ3v) is 5.23. The quantitative estimate of drug-likeness (QED) is 0.533. The Balaban J connectivity index is 1.64. The van der Waals surface area contributed by atoms with Crippen molar-refractivity contribution in [1.82, 2.24) is 14.8 Å². The Kier molecular flexibility index (Phi) is 6.95. The Hall–Kier alpha value is -2.51. The SMILES string of the molecule is CCn1c(SCC(=O)Nc2ccccc2)nnc1[C@H](C)Oc1ccccc1Cl. The summed E-state index contributed by atoms with van der Waals surface area (Å²) >= 11 is 7.51. The van der Waals surface area contributed by atoms with Gasteiger partial charge in [-0.25, -0.2) is 0 Å². The summed E-state index contributed by atoms with van der Waals surface area (Å²) in [5.41, 5.74) is 0.771. The maximum Gasteiger partial charge on any atom is 0.234 e. The molecule has 1 N–H and O–H groups in total. The lowest BCUT2D eigenvalue weighted by Gasteiger charge is -2.16. The molecular formula is C20H21ClN4O2S. The van der Waals surface area contributed by atoms with Gasteiger partial charge in [0.05, 0.1) is 10.8 Å². The summed E-state index contributed by atoms with van der Waals surface area (Å²) in [5.74, 6) is 1.43. The Morgan fingerprint density at radius 3 is 2.61 bits per heavy atom. The van der Waals surface area contributed by atoms with Crippen LogP contribution in [-0.4, -0.2) is 26.4 Å². The number of nitrogens with zero attached hydrogens (tertiary/aromatic N) is 3. The summed E-state index contributed by atoms with van der Waals surface area (Å²) in [6.07, 6.45) is -0.333. The van der Waals surface area contributed by atoms with Gasteiger partial charge in [0.1, 0.15) is 5.75 Å². The van der Waals surface area contributed by atoms with Crippen LogP contribution in [0.1, 0.15) is 25.8 Å². The van der Waals surface area contributed by atoms with Gasteiger partial charge in [0.25, 0.3) is 0 Å². The number of halogens is 1. The fourth-order valence-corrected chi connectivity index (χ4v) is 3.63. The fourth-order valence-electron chi connectivity index (χ4n) is 2.64. The van der Waals surface area contributed by atoms with Gasteiger partial charge >= 0.3 is 0 Å². The van der Waals surface area contributed by atoms with E-state index in [1.165, 1.54) is 11.8 Å². The van der Waals surface area contributed by atoms with Gasteiger partial charge in [-0.05, 0) is 38.1 Å². The molecule has 1 atom stereocenters. The molecule has 0 saturated heterocycles. The number of ether oxygens (including phenoxy) is 1. The second-order valence-corrected chi connectivity index (χ2v) is 7.33. The lowest BCUT2D eigenvalue weighted by Crippen LogP contribution is -2.15. The number of rotatable bonds is 8. The maximum absolute atomic E-state index is 12.2. The van der Waals surface area contributed by atoms with E-state index in [9.17, 15) is 4.79 Å². The normalized spacial score (nSPS) is 11.8. The predicted molar refractivity (Wildman–Crippen MR) is 112 cm³/mol. The van der Waals surface area contributed by atoms with Crippen molar-refractivity contribution >= 4 is 35.0 Å². The first-order chi connectivity index (χ1) is 13.6. The van der Waals surface area contributed by atoms with Gasteiger partial charge in [0.2, 0.25) is 5.91 Å². The first kappa shape index (κ1) is 20.2. The molecular weight excluding hydrogens is 396 g/mol. The summed E-state index contributed by atoms with van der Waals surface area (Å²) < 4.78 is 7.89. The number of nitrogens with one attached hydrogen (secondary N) is 1. The van der Waals surface area contributed by atoms with Crippen molar-refractivity contribution in [2.75, 3.05) is 11.1 Å². The monoisotopic (exact) mass is 416 g/mol. The maximum atomic E-state index is 12.2. The Morgan fingerprint density at radius 1 is 1.18 bits per heavy atom. The van der Waals surface area contributed by atoms with Crippen molar-refractivity contribution in [1.29, 1.82) is 0 Å². The van der Waals surface area contributed by atoms with E-state index in [4.69, 9.17) is 16.3 Å². The van der Waals surface area contributed by atoms with E-state index < -0.39 is 0 Å². The molecule has 6 nitrogen and oxygen atoms in total. The van der Waals surface area contributed by atoms with Gasteiger partial charge < -0.3 is 14.6 Å². The molecule has 3 aromatic rings. The highest BCUT2D eigenvalue weighted by Gasteiger charge is 2.20. The molecule has 0 aliphatic carbocycles. The zero-order valence-electron chi connectivity index (χ0n) is 15.6. The molecule has 8 heteroatoms. The van der Waals surface area contributed by atoms with Crippen LogP contribution in [0.5, 0.6) is 5.75 Å². The third-order valence-electron chi connectivity index (χ3n) is 3.96. The molecule has 0 spiro atoms. The molecule has 0 bridgehead atoms. The van der Waals surface area contributed by atoms with Crippen molar-refractivity contribution in [2.24, 2.45) is 0 Å². The van der Waals surface area contributed by atoms with Crippen LogP contribution in [0, 0.1) is 0 Å². The van der Waals surface area contributed by atoms with E-state index in [2.05, 4.69) is 15.5 Å². The summed E-state index contributed by atoms with van der Waals surface area (Å²) in [6.45, 7) is 4.57. The molecule has 0 radical (unpaired) electrons. The number of aromatic nitrogens is 3. The van der Waals surface area contributed by atoms with Crippen molar-refractivity contribution in [3.05, 3.63) is 65.4 Å². The molecule has 0 aliphatic heterocycles. The molecule has 2 aromatic carbocycles. The average molecular weight is 417 g/mol. The lowest BCUT2D eigenvalue weighted by atomic mass is 10.3. The Morgan fingerprint density at radius 2 is 1.89 bits per heavy atom. The first-order valence-electron chi connectivity index (χ1n) is 8.90. The summed E-state index contributed by atoms with van der Waals surface area (Å²) in [4.78, 5) is 12.2. The number of carbonyl (C=O) groups excluding carboxylic acids is 1. The van der Waals surface area contributed by atoms with E-state index in [1.807, 2.05) is 66.9 Å². The zero-order valence-corrected chi connectivity index (χ0v) is 17.2. The summed E-state index contributed by atoms with van der Waals surface area (Å²) in [7, 11) is 0. The highest BCUT2D eigenvalue weighted by Crippen LogP contribution is 2.29. The minimum absolute atomic E-state index is 0.0937. The van der Waals surface area contributed by atoms with Crippen LogP contribution in [-0.2, 0) is 11.3 Å². The molecule has 28 heavy (non-hydrogen) atoms. The topological polar surface area (TPSA) is 69.0 Å². The largest absolute Gasteiger partial charge is 0.481 e. The lowest BCUT2D eigenvalue weighted by molar-refractivity contribution is -0.113. The molecule has 1 heterocycles. The Bertz CT molecular complexity index is 933. The molecule has 0 fully saturated rings. The summed E-state index contributed by atoms with van der Waals surface area (Å²) in [5, 5.41) is 12.6. The molecule has 1 aromatic heterocycles. The van der Waals surface area contributed by atoms with Crippen LogP contribution in [0.4, 0.5) is 5.69 Å². The van der Waals surface area contributed by atoms with Crippen LogP contribution in [0.15, 0.2) is 59.8 Å². The van der Waals surface area contributed by atoms with Gasteiger partial charge in [0.15, 0.2) is 17.1 Å². The number of hydrogen-bond donors (Lipinski definition) is 1. The first-order valence-corrected chi connectivity index (χ1v) is 10.3. The van der Waals surface area contributed by atoms with E-state index in [0.717, 1.165) is 5.69 Å². The van der Waals surface area contributed by atoms with E-state index >= 15 is 0 Å². The number of thioether (sulfide) groups is 1. The van der Waals surface area contributed by atoms with Crippen molar-refractivity contribution in [2.45, 2.75) is 31.7 Å². The van der Waals surface area contributed by atoms with Crippen LogP contribution in [0.3, 0.4) is 0 Å². The van der Waals surface area contributed by atoms with Gasteiger partial charge in [-0.1, -0.05) is 53.7 Å². The van der Waals surface area contributed by atoms with E-state index in [0.29, 0.717) is 28.3 Å². The van der Waals surface area contributed by atoms with Crippen LogP contribution in [0.25, 0.3) is 0 Å². The number of carbonyl (C=O) groups is 1. The van der Waals surface area contributed by atoms with E-state index in [1.54, 1.807) is 6.07 Å². The number of para-hydroxylation sites is 2. The minimum Gasteiger partial charge on any atom is -0.481 e. The molecule has 146 valence electrons. The Labute approximate surface area is 173 Å². The molecule has 0 saturated carbocycles. The van der Waals surface area contributed by atoms with E-state index in [-0.39, 0.29) is 17.8 Å². The predicted octanol–water partition coefficient (Wildman–Crippen LogP) is 4.82. The molecule has 0 aliphatic rings. The molecule has 0 unspecified atom stereocenters. The van der Waals surface area contributed by atoms with Crippen molar-refractivity contribution in [3.8, 4) is 5.75 Å². The highest BCUT2D eigenvalue weighted by atomic mass is 35.5. The molecule has 1 amide bonds. The van der Waals surface area contributed by atoms with Gasteiger partial charge in [0, 0.05) is 12.2 Å². The van der Waals surface area contributed by atoms with Crippen LogP contribution < -0.4 is 10.1 Å². The summed E-state index contributed by atoms with van der Waals surface area (Å²) in [6, 6.07) is 16.7. The number of anilines is 1. The average Bonchev–Trinajstić information content (AvgIpc) is 3.12. The van der Waals surface area contributed by atoms with Gasteiger partial charge in [-0.2, -0.15) is 0 Å². The van der Waals surface area contributed by atoms with Gasteiger partial charge in [-0.3, -0.25) is 4.79 Å². The van der Waals surface area contributed by atoms with Crippen molar-refractivity contribution < 1.29 is 9.53 Å². The standard InChI is InChI=1S/C20H21ClN4O2S/c1-3-25-19(14(2)27-17-12-8-7-11-16(17)21)23-24-20(25)28-13-18(26)22-15-9-5-4-6-10-15/h4-12,14H,3,13H2,1-2H3,(H,22,26)/t14-/m0/s1. The smallest absolute Gasteiger partial charge is 0.234 e. The second kappa shape index (κ2) is 9.61. The van der Waals surface area contributed by atoms with Crippen LogP contribution in [0.2, 0.25) is 5.02 Å².